The van der Waals surface area contributed by atoms with Gasteiger partial charge in [0.05, 0.1) is 29.5 Å². The number of ether oxygens (including phenoxy) is 1. The molecule has 4 aromatic rings. The minimum absolute atomic E-state index is 0.0662. The van der Waals surface area contributed by atoms with E-state index in [1.165, 1.54) is 7.05 Å². The molecule has 0 bridgehead atoms. The predicted molar refractivity (Wildman–Crippen MR) is 164 cm³/mol. The lowest BCUT2D eigenvalue weighted by Crippen LogP contribution is -2.53. The highest BCUT2D eigenvalue weighted by atomic mass is 16.6. The maximum absolute atomic E-state index is 14.5. The molecule has 2 aliphatic heterocycles. The van der Waals surface area contributed by atoms with E-state index in [2.05, 4.69) is 15.3 Å². The lowest BCUT2D eigenvalue weighted by molar-refractivity contribution is -0.145. The van der Waals surface area contributed by atoms with E-state index in [1.807, 2.05) is 30.3 Å². The van der Waals surface area contributed by atoms with Crippen molar-refractivity contribution in [3.8, 4) is 11.1 Å². The smallest absolute Gasteiger partial charge is 0.407 e. The average Bonchev–Trinajstić information content (AvgIpc) is 3.82. The van der Waals surface area contributed by atoms with Crippen molar-refractivity contribution in [1.29, 1.82) is 0 Å². The highest BCUT2D eigenvalue weighted by Crippen LogP contribution is 2.50. The molecule has 5 heterocycles. The molecule has 12 nitrogen and oxygen atoms in total. The molecule has 1 saturated heterocycles. The molecule has 3 aliphatic rings. The summed E-state index contributed by atoms with van der Waals surface area (Å²) in [5, 5.41) is 4.27. The number of nitrogens with one attached hydrogen (secondary N) is 1. The normalized spacial score (nSPS) is 17.7. The molecule has 45 heavy (non-hydrogen) atoms. The van der Waals surface area contributed by atoms with Crippen molar-refractivity contribution in [3.63, 3.8) is 0 Å². The van der Waals surface area contributed by atoms with E-state index in [0.717, 1.165) is 27.5 Å². The number of pyridine rings is 3. The first-order valence-corrected chi connectivity index (χ1v) is 14.9. The van der Waals surface area contributed by atoms with Crippen LogP contribution in [0.3, 0.4) is 0 Å². The second-order valence-electron chi connectivity index (χ2n) is 11.8. The van der Waals surface area contributed by atoms with Crippen LogP contribution < -0.4 is 16.0 Å². The van der Waals surface area contributed by atoms with E-state index in [0.29, 0.717) is 50.2 Å². The lowest BCUT2D eigenvalue weighted by Gasteiger charge is -2.39. The number of hydrogen-bond donors (Lipinski definition) is 2. The van der Waals surface area contributed by atoms with E-state index >= 15 is 0 Å². The van der Waals surface area contributed by atoms with E-state index < -0.39 is 23.0 Å². The maximum atomic E-state index is 14.5. The fourth-order valence-corrected chi connectivity index (χ4v) is 6.69. The standard InChI is InChI=1S/C33H31N7O5/c1-35-31(44)45-33(9-10-33)30(43)39-14-11-32(12-15-39)23-8-13-36-18-26(23)40(29(32)42)19-25-27(21-6-7-24(28(34)41)37-17-21)22-5-3-2-4-20(22)16-38-25/h2-8,13,16-18H,9-12,14-15,19H2,1H3,(H2,34,41)(H,35,44). The van der Waals surface area contributed by atoms with Crippen LogP contribution in [0, 0.1) is 0 Å². The minimum Gasteiger partial charge on any atom is -0.433 e. The van der Waals surface area contributed by atoms with Crippen molar-refractivity contribution in [2.24, 2.45) is 5.73 Å². The Hall–Kier alpha value is -5.39. The molecule has 228 valence electrons. The summed E-state index contributed by atoms with van der Waals surface area (Å²) >= 11 is 0. The number of hydrogen-bond acceptors (Lipinski definition) is 8. The molecule has 3 N–H and O–H groups in total. The van der Waals surface area contributed by atoms with E-state index in [-0.39, 0.29) is 24.1 Å². The van der Waals surface area contributed by atoms with Crippen LogP contribution in [0.1, 0.15) is 47.4 Å². The van der Waals surface area contributed by atoms with E-state index in [9.17, 15) is 19.2 Å². The quantitative estimate of drug-likeness (QED) is 0.339. The summed E-state index contributed by atoms with van der Waals surface area (Å²) < 4.78 is 5.43. The second-order valence-corrected chi connectivity index (χ2v) is 11.8. The van der Waals surface area contributed by atoms with Crippen molar-refractivity contribution in [3.05, 3.63) is 84.2 Å². The number of likely N-dealkylation sites (tertiary alicyclic amines) is 1. The van der Waals surface area contributed by atoms with Crippen LogP contribution in [0.5, 0.6) is 0 Å². The zero-order valence-electron chi connectivity index (χ0n) is 24.7. The third-order valence-electron chi connectivity index (χ3n) is 9.24. The molecule has 1 saturated carbocycles. The number of nitrogens with zero attached hydrogens (tertiary/aromatic N) is 5. The number of piperidine rings is 1. The summed E-state index contributed by atoms with van der Waals surface area (Å²) in [5.41, 5.74) is 7.46. The number of benzene rings is 1. The summed E-state index contributed by atoms with van der Waals surface area (Å²) in [6, 6.07) is 13.1. The molecule has 7 rings (SSSR count). The molecule has 12 heteroatoms. The van der Waals surface area contributed by atoms with Gasteiger partial charge in [-0.15, -0.1) is 0 Å². The van der Waals surface area contributed by atoms with Gasteiger partial charge in [0.15, 0.2) is 5.60 Å². The number of aromatic nitrogens is 3. The number of alkyl carbamates (subject to hydrolysis) is 1. The van der Waals surface area contributed by atoms with Gasteiger partial charge in [0, 0.05) is 68.1 Å². The summed E-state index contributed by atoms with van der Waals surface area (Å²) in [6.07, 6.45) is 8.00. The average molecular weight is 606 g/mol. The van der Waals surface area contributed by atoms with Crippen LogP contribution in [-0.2, 0) is 26.3 Å². The molecule has 1 spiro atoms. The Morgan fingerprint density at radius 1 is 0.978 bits per heavy atom. The van der Waals surface area contributed by atoms with Gasteiger partial charge in [-0.2, -0.15) is 0 Å². The van der Waals surface area contributed by atoms with Crippen molar-refractivity contribution >= 4 is 40.3 Å². The number of anilines is 1. The molecule has 1 aliphatic carbocycles. The van der Waals surface area contributed by atoms with Crippen LogP contribution in [0.2, 0.25) is 0 Å². The number of rotatable bonds is 6. The molecule has 4 amide bonds. The van der Waals surface area contributed by atoms with Gasteiger partial charge in [0.2, 0.25) is 5.91 Å². The second kappa shape index (κ2) is 10.7. The molecule has 0 atom stereocenters. The first kappa shape index (κ1) is 28.4. The fourth-order valence-electron chi connectivity index (χ4n) is 6.69. The van der Waals surface area contributed by atoms with Crippen molar-refractivity contribution in [1.82, 2.24) is 25.2 Å². The van der Waals surface area contributed by atoms with E-state index in [4.69, 9.17) is 15.5 Å². The lowest BCUT2D eigenvalue weighted by atomic mass is 9.74. The molecule has 0 radical (unpaired) electrons. The van der Waals surface area contributed by atoms with Crippen LogP contribution in [0.25, 0.3) is 21.9 Å². The number of nitrogens with two attached hydrogens (primary N) is 1. The van der Waals surface area contributed by atoms with Gasteiger partial charge in [-0.3, -0.25) is 29.3 Å². The van der Waals surface area contributed by atoms with Crippen LogP contribution in [0.15, 0.2) is 67.3 Å². The fraction of sp³-hybridized carbons (Fsp3) is 0.303. The van der Waals surface area contributed by atoms with Crippen molar-refractivity contribution < 1.29 is 23.9 Å². The zero-order valence-corrected chi connectivity index (χ0v) is 24.7. The summed E-state index contributed by atoms with van der Waals surface area (Å²) in [5.74, 6) is -0.892. The highest BCUT2D eigenvalue weighted by Gasteiger charge is 2.58. The van der Waals surface area contributed by atoms with Gasteiger partial charge in [-0.25, -0.2) is 4.79 Å². The first-order valence-electron chi connectivity index (χ1n) is 14.9. The number of amides is 4. The Morgan fingerprint density at radius 3 is 2.44 bits per heavy atom. The molecule has 2 fully saturated rings. The monoisotopic (exact) mass is 605 g/mol. The first-order chi connectivity index (χ1) is 21.8. The summed E-state index contributed by atoms with van der Waals surface area (Å²) in [6.45, 7) is 0.898. The Kier molecular flexibility index (Phi) is 6.72. The van der Waals surface area contributed by atoms with E-state index in [1.54, 1.807) is 46.7 Å². The van der Waals surface area contributed by atoms with Crippen LogP contribution in [-0.4, -0.2) is 69.4 Å². The van der Waals surface area contributed by atoms with Crippen molar-refractivity contribution in [2.45, 2.75) is 43.2 Å². The SMILES string of the molecule is CNC(=O)OC1(C(=O)N2CCC3(CC2)C(=O)N(Cc2ncc4ccccc4c2-c2ccc(C(N)=O)nc2)c2cnccc23)CC1. The molecule has 3 aromatic heterocycles. The Bertz CT molecular complexity index is 1860. The predicted octanol–water partition coefficient (Wildman–Crippen LogP) is 3.09. The number of carbonyl (C=O) groups is 4. The molecular formula is C33H31N7O5. The van der Waals surface area contributed by atoms with Gasteiger partial charge in [0.1, 0.15) is 5.69 Å². The largest absolute Gasteiger partial charge is 0.433 e. The third-order valence-corrected chi connectivity index (χ3v) is 9.24. The topological polar surface area (TPSA) is 161 Å². The summed E-state index contributed by atoms with van der Waals surface area (Å²) in [4.78, 5) is 68.3. The van der Waals surface area contributed by atoms with Gasteiger partial charge in [-0.1, -0.05) is 30.3 Å². The number of primary amides is 1. The minimum atomic E-state index is -1.11. The van der Waals surface area contributed by atoms with Gasteiger partial charge >= 0.3 is 6.09 Å². The molecule has 1 aromatic carbocycles. The van der Waals surface area contributed by atoms with Gasteiger partial charge < -0.3 is 25.6 Å². The zero-order chi connectivity index (χ0) is 31.3. The van der Waals surface area contributed by atoms with Crippen molar-refractivity contribution in [2.75, 3.05) is 25.0 Å². The van der Waals surface area contributed by atoms with Crippen LogP contribution >= 0.6 is 0 Å². The van der Waals surface area contributed by atoms with Crippen LogP contribution in [0.4, 0.5) is 10.5 Å². The molecule has 0 unspecified atom stereocenters. The maximum Gasteiger partial charge on any atom is 0.407 e. The Balaban J connectivity index is 1.20. The van der Waals surface area contributed by atoms with Gasteiger partial charge in [-0.05, 0) is 35.9 Å². The Morgan fingerprint density at radius 2 is 1.76 bits per heavy atom. The third kappa shape index (κ3) is 4.64. The number of carbonyl (C=O) groups excluding carboxylic acids is 4. The van der Waals surface area contributed by atoms with Gasteiger partial charge in [0.25, 0.3) is 11.8 Å². The molecular weight excluding hydrogens is 574 g/mol. The Labute approximate surface area is 258 Å². The number of fused-ring (bicyclic) bond motifs is 3. The highest BCUT2D eigenvalue weighted by molar-refractivity contribution is 6.08. The summed E-state index contributed by atoms with van der Waals surface area (Å²) in [7, 11) is 1.46.